The molecule has 6 heteroatoms. The fraction of sp³-hybridized carbons (Fsp3) is 0. The number of hydrogen-bond donors (Lipinski definition) is 1. The minimum atomic E-state index is -0.327. The van der Waals surface area contributed by atoms with Crippen LogP contribution in [0.5, 0.6) is 11.6 Å². The number of amides is 1. The van der Waals surface area contributed by atoms with Crippen molar-refractivity contribution in [1.29, 1.82) is 0 Å². The summed E-state index contributed by atoms with van der Waals surface area (Å²) in [6.07, 6.45) is 1.56. The largest absolute Gasteiger partial charge is 0.439 e. The van der Waals surface area contributed by atoms with E-state index in [1.54, 1.807) is 48.7 Å². The Morgan fingerprint density at radius 2 is 1.69 bits per heavy atom. The van der Waals surface area contributed by atoms with Crippen LogP contribution in [-0.4, -0.2) is 15.9 Å². The Morgan fingerprint density at radius 3 is 2.48 bits per heavy atom. The van der Waals surface area contributed by atoms with Gasteiger partial charge in [-0.2, -0.15) is 4.98 Å². The highest BCUT2D eigenvalue weighted by Crippen LogP contribution is 2.23. The van der Waals surface area contributed by atoms with Crippen molar-refractivity contribution in [3.05, 3.63) is 103 Å². The number of para-hydroxylation sites is 1. The first kappa shape index (κ1) is 18.3. The highest BCUT2D eigenvalue weighted by atomic mass is 19.1. The summed E-state index contributed by atoms with van der Waals surface area (Å²) in [5.41, 5.74) is 1.84. The average molecular weight is 385 g/mol. The molecule has 29 heavy (non-hydrogen) atoms. The molecule has 0 fully saturated rings. The monoisotopic (exact) mass is 385 g/mol. The van der Waals surface area contributed by atoms with Crippen LogP contribution in [0.3, 0.4) is 0 Å². The maximum Gasteiger partial charge on any atom is 0.255 e. The Morgan fingerprint density at radius 1 is 0.897 bits per heavy atom. The van der Waals surface area contributed by atoms with E-state index in [1.165, 1.54) is 12.1 Å². The van der Waals surface area contributed by atoms with Gasteiger partial charge in [-0.05, 0) is 54.6 Å². The number of halogens is 1. The van der Waals surface area contributed by atoms with Crippen LogP contribution in [0.4, 0.5) is 10.1 Å². The van der Waals surface area contributed by atoms with Gasteiger partial charge in [-0.3, -0.25) is 4.79 Å². The summed E-state index contributed by atoms with van der Waals surface area (Å²) in [6.45, 7) is 0. The molecule has 1 aromatic heterocycles. The van der Waals surface area contributed by atoms with Gasteiger partial charge in [-0.1, -0.05) is 24.3 Å². The minimum Gasteiger partial charge on any atom is -0.439 e. The van der Waals surface area contributed by atoms with Gasteiger partial charge >= 0.3 is 0 Å². The molecule has 0 unspecified atom stereocenters. The number of nitrogens with zero attached hydrogens (tertiary/aromatic N) is 2. The number of rotatable bonds is 5. The first-order valence-corrected chi connectivity index (χ1v) is 8.91. The lowest BCUT2D eigenvalue weighted by atomic mass is 10.2. The molecule has 1 N–H and O–H groups in total. The molecule has 0 saturated carbocycles. The second-order valence-corrected chi connectivity index (χ2v) is 6.18. The molecule has 0 aliphatic rings. The molecule has 0 bridgehead atoms. The molecular weight excluding hydrogens is 369 g/mol. The summed E-state index contributed by atoms with van der Waals surface area (Å²) in [6, 6.07) is 23.5. The van der Waals surface area contributed by atoms with Gasteiger partial charge in [-0.25, -0.2) is 9.37 Å². The predicted molar refractivity (Wildman–Crippen MR) is 108 cm³/mol. The lowest BCUT2D eigenvalue weighted by Gasteiger charge is -2.09. The fourth-order valence-corrected chi connectivity index (χ4v) is 2.68. The topological polar surface area (TPSA) is 64.1 Å². The average Bonchev–Trinajstić information content (AvgIpc) is 2.75. The lowest BCUT2D eigenvalue weighted by Crippen LogP contribution is -2.11. The molecule has 3 aromatic carbocycles. The van der Waals surface area contributed by atoms with Crippen molar-refractivity contribution in [3.8, 4) is 23.0 Å². The number of anilines is 1. The van der Waals surface area contributed by atoms with E-state index in [2.05, 4.69) is 15.3 Å². The number of hydrogen-bond acceptors (Lipinski definition) is 4. The van der Waals surface area contributed by atoms with E-state index in [-0.39, 0.29) is 11.7 Å². The molecule has 0 atom stereocenters. The van der Waals surface area contributed by atoms with E-state index in [0.717, 1.165) is 0 Å². The quantitative estimate of drug-likeness (QED) is 0.504. The van der Waals surface area contributed by atoms with E-state index >= 15 is 0 Å². The second-order valence-electron chi connectivity index (χ2n) is 6.18. The Labute approximate surface area is 166 Å². The number of benzene rings is 3. The summed E-state index contributed by atoms with van der Waals surface area (Å²) in [7, 11) is 0. The van der Waals surface area contributed by atoms with Crippen LogP contribution in [0.25, 0.3) is 11.4 Å². The molecule has 4 rings (SSSR count). The van der Waals surface area contributed by atoms with Crippen LogP contribution in [0, 0.1) is 5.82 Å². The van der Waals surface area contributed by atoms with Crippen LogP contribution in [0.2, 0.25) is 0 Å². The molecule has 4 aromatic rings. The van der Waals surface area contributed by atoms with Crippen molar-refractivity contribution >= 4 is 11.6 Å². The summed E-state index contributed by atoms with van der Waals surface area (Å²) in [5.74, 6) is 0.637. The van der Waals surface area contributed by atoms with Crippen LogP contribution in [0.15, 0.2) is 91.1 Å². The third-order valence-corrected chi connectivity index (χ3v) is 4.08. The molecule has 5 nitrogen and oxygen atoms in total. The Kier molecular flexibility index (Phi) is 5.25. The highest BCUT2D eigenvalue weighted by Gasteiger charge is 2.09. The van der Waals surface area contributed by atoms with E-state index < -0.39 is 0 Å². The zero-order valence-corrected chi connectivity index (χ0v) is 15.2. The molecule has 0 aliphatic carbocycles. The highest BCUT2D eigenvalue weighted by molar-refractivity contribution is 6.04. The number of carbonyl (C=O) groups excluding carboxylic acids is 1. The Bertz CT molecular complexity index is 1130. The van der Waals surface area contributed by atoms with Crippen molar-refractivity contribution in [2.75, 3.05) is 5.32 Å². The molecular formula is C23H16FN3O2. The third-order valence-electron chi connectivity index (χ3n) is 4.08. The molecule has 0 aliphatic heterocycles. The van der Waals surface area contributed by atoms with Gasteiger partial charge in [-0.15, -0.1) is 0 Å². The van der Waals surface area contributed by atoms with E-state index in [9.17, 15) is 9.18 Å². The first-order chi connectivity index (χ1) is 14.2. The number of aromatic nitrogens is 2. The van der Waals surface area contributed by atoms with E-state index in [4.69, 9.17) is 4.74 Å². The van der Waals surface area contributed by atoms with Gasteiger partial charge in [0.15, 0.2) is 5.82 Å². The molecule has 1 heterocycles. The Balaban J connectivity index is 1.51. The smallest absolute Gasteiger partial charge is 0.255 e. The second kappa shape index (κ2) is 8.31. The summed E-state index contributed by atoms with van der Waals surface area (Å²) in [5, 5.41) is 2.83. The molecule has 142 valence electrons. The molecule has 0 radical (unpaired) electrons. The van der Waals surface area contributed by atoms with Gasteiger partial charge in [0.25, 0.3) is 5.91 Å². The maximum atomic E-state index is 13.1. The van der Waals surface area contributed by atoms with E-state index in [0.29, 0.717) is 34.3 Å². The first-order valence-electron chi connectivity index (χ1n) is 8.91. The van der Waals surface area contributed by atoms with Gasteiger partial charge in [0.2, 0.25) is 5.88 Å². The summed E-state index contributed by atoms with van der Waals surface area (Å²) in [4.78, 5) is 21.0. The number of nitrogens with one attached hydrogen (secondary N) is 1. The SMILES string of the molecule is O=C(Nc1ccccc1)c1cccc(Oc2ccnc(-c3ccc(F)cc3)n2)c1. The van der Waals surface area contributed by atoms with Gasteiger partial charge in [0.1, 0.15) is 11.6 Å². The van der Waals surface area contributed by atoms with Gasteiger partial charge in [0, 0.05) is 29.1 Å². The van der Waals surface area contributed by atoms with Gasteiger partial charge in [0.05, 0.1) is 0 Å². The lowest BCUT2D eigenvalue weighted by molar-refractivity contribution is 0.102. The number of ether oxygens (including phenoxy) is 1. The normalized spacial score (nSPS) is 10.4. The zero-order valence-electron chi connectivity index (χ0n) is 15.2. The third kappa shape index (κ3) is 4.62. The van der Waals surface area contributed by atoms with Gasteiger partial charge < -0.3 is 10.1 Å². The Hall–Kier alpha value is -4.06. The molecule has 0 spiro atoms. The van der Waals surface area contributed by atoms with Crippen LogP contribution in [0.1, 0.15) is 10.4 Å². The van der Waals surface area contributed by atoms with Crippen molar-refractivity contribution in [3.63, 3.8) is 0 Å². The maximum absolute atomic E-state index is 13.1. The molecule has 1 amide bonds. The van der Waals surface area contributed by atoms with Crippen molar-refractivity contribution in [1.82, 2.24) is 9.97 Å². The van der Waals surface area contributed by atoms with E-state index in [1.807, 2.05) is 30.3 Å². The molecule has 0 saturated heterocycles. The standard InChI is InChI=1S/C23H16FN3O2/c24-18-11-9-16(10-12-18)22-25-14-13-21(27-22)29-20-8-4-5-17(15-20)23(28)26-19-6-2-1-3-7-19/h1-15H,(H,26,28). The van der Waals surface area contributed by atoms with Crippen molar-refractivity contribution < 1.29 is 13.9 Å². The summed E-state index contributed by atoms with van der Waals surface area (Å²) < 4.78 is 18.9. The van der Waals surface area contributed by atoms with Crippen LogP contribution in [-0.2, 0) is 0 Å². The minimum absolute atomic E-state index is 0.240. The predicted octanol–water partition coefficient (Wildman–Crippen LogP) is 5.33. The van der Waals surface area contributed by atoms with Crippen LogP contribution >= 0.6 is 0 Å². The zero-order chi connectivity index (χ0) is 20.1. The van der Waals surface area contributed by atoms with Crippen molar-refractivity contribution in [2.24, 2.45) is 0 Å². The van der Waals surface area contributed by atoms with Crippen molar-refractivity contribution in [2.45, 2.75) is 0 Å². The fourth-order valence-electron chi connectivity index (χ4n) is 2.68. The summed E-state index contributed by atoms with van der Waals surface area (Å²) >= 11 is 0. The van der Waals surface area contributed by atoms with Crippen LogP contribution < -0.4 is 10.1 Å². The number of carbonyl (C=O) groups is 1.